The molecule has 798 valence electrons. The lowest BCUT2D eigenvalue weighted by molar-refractivity contribution is -0.117. The number of nitrogens with zero attached hydrogens (tertiary/aromatic N) is 8. The number of thiazole rings is 1. The number of hydrogen-bond acceptors (Lipinski definition) is 18. The number of anilines is 3. The third-order valence-corrected chi connectivity index (χ3v) is 26.0. The van der Waals surface area contributed by atoms with Gasteiger partial charge in [0.25, 0.3) is 0 Å². The van der Waals surface area contributed by atoms with Crippen molar-refractivity contribution in [2.75, 3.05) is 51.0 Å². The number of imidazole rings is 1. The third kappa shape index (κ3) is 35.1. The van der Waals surface area contributed by atoms with E-state index in [1.54, 1.807) is 75.0 Å². The number of benzene rings is 9. The van der Waals surface area contributed by atoms with Crippen LogP contribution in [-0.2, 0) is 75.6 Å². The summed E-state index contributed by atoms with van der Waals surface area (Å²) in [6.07, 6.45) is 9.87. The van der Waals surface area contributed by atoms with Gasteiger partial charge in [0.1, 0.15) is 28.3 Å². The van der Waals surface area contributed by atoms with Gasteiger partial charge in [-0.2, -0.15) is 15.4 Å². The van der Waals surface area contributed by atoms with Crippen molar-refractivity contribution in [2.45, 2.75) is 308 Å². The first kappa shape index (κ1) is 120. The second kappa shape index (κ2) is 49.0. The molecule has 17 aromatic rings. The first-order valence-electron chi connectivity index (χ1n) is 50.7. The molecule has 1 aliphatic heterocycles. The fraction of sp³-hybridized carbons (Fsp3) is 0.419. The average Bonchev–Trinajstić information content (AvgIpc) is 1.65. The number of nitrogens with two attached hydrogens (primary N) is 1. The smallest absolute Gasteiger partial charge is 0.417 e. The molecule has 0 radical (unpaired) electrons. The Morgan fingerprint density at radius 2 is 0.940 bits per heavy atom. The van der Waals surface area contributed by atoms with Crippen LogP contribution in [0.25, 0.3) is 65.4 Å². The van der Waals surface area contributed by atoms with Crippen LogP contribution < -0.4 is 41.3 Å². The van der Waals surface area contributed by atoms with Crippen molar-refractivity contribution in [3.63, 3.8) is 0 Å². The molecule has 0 atom stereocenters. The normalized spacial score (nSPS) is 12.3. The van der Waals surface area contributed by atoms with E-state index in [-0.39, 0.29) is 71.4 Å². The summed E-state index contributed by atoms with van der Waals surface area (Å²) in [5.74, 6) is 1.93. The van der Waals surface area contributed by atoms with E-state index in [0.717, 1.165) is 78.0 Å². The Hall–Kier alpha value is -13.9. The highest BCUT2D eigenvalue weighted by atomic mass is 32.1. The minimum atomic E-state index is -0.397. The molecule has 18 rings (SSSR count). The topological polar surface area (TPSA) is 331 Å². The number of rotatable bonds is 4. The molecule has 149 heavy (non-hydrogen) atoms. The number of phenols is 1. The number of carbonyl (C=O) groups is 2. The zero-order valence-electron chi connectivity index (χ0n) is 96.2. The molecule has 0 unspecified atom stereocenters. The summed E-state index contributed by atoms with van der Waals surface area (Å²) in [7, 11) is 8.49. The Balaban J connectivity index is 0.000000200. The lowest BCUT2D eigenvalue weighted by Crippen LogP contribution is -2.22. The van der Waals surface area contributed by atoms with E-state index in [2.05, 4.69) is 388 Å². The number of ether oxygens (including phenoxy) is 3. The number of likely N-dealkylation sites (N-methyl/N-ethyl adjacent to an activating group) is 1. The van der Waals surface area contributed by atoms with Gasteiger partial charge in [-0.15, -0.1) is 0 Å². The summed E-state index contributed by atoms with van der Waals surface area (Å²) in [5, 5.41) is 22.4. The second-order valence-corrected chi connectivity index (χ2v) is 50.1. The second-order valence-electron chi connectivity index (χ2n) is 49.0. The quantitative estimate of drug-likeness (QED) is 0.0861. The van der Waals surface area contributed by atoms with Gasteiger partial charge in [-0.1, -0.05) is 324 Å². The molecule has 1 aliphatic rings. The highest BCUT2D eigenvalue weighted by molar-refractivity contribution is 7.22. The number of carbonyl (C=O) groups excluding carboxylic acids is 2. The van der Waals surface area contributed by atoms with Gasteiger partial charge >= 0.3 is 11.5 Å². The number of oxazole rings is 2. The van der Waals surface area contributed by atoms with E-state index in [4.69, 9.17) is 28.8 Å². The van der Waals surface area contributed by atoms with Gasteiger partial charge in [0.05, 0.1) is 72.6 Å². The maximum absolute atomic E-state index is 11.5. The largest absolute Gasteiger partial charge is 0.508 e. The van der Waals surface area contributed by atoms with Crippen molar-refractivity contribution in [3.8, 4) is 23.1 Å². The number of aromatic nitrogens is 11. The molecule has 0 aliphatic carbocycles. The predicted molar refractivity (Wildman–Crippen MR) is 622 cm³/mol. The molecule has 8 aromatic heterocycles. The van der Waals surface area contributed by atoms with E-state index < -0.39 is 11.5 Å². The zero-order valence-corrected chi connectivity index (χ0v) is 97.0. The highest BCUT2D eigenvalue weighted by Gasteiger charge is 2.29. The summed E-state index contributed by atoms with van der Waals surface area (Å²) >= 11 is 1.55. The van der Waals surface area contributed by atoms with Crippen molar-refractivity contribution in [1.29, 1.82) is 0 Å². The van der Waals surface area contributed by atoms with Gasteiger partial charge in [0.15, 0.2) is 16.3 Å². The van der Waals surface area contributed by atoms with Crippen LogP contribution in [0.1, 0.15) is 308 Å². The van der Waals surface area contributed by atoms with Crippen molar-refractivity contribution in [2.24, 2.45) is 0 Å². The Bertz CT molecular complexity index is 7310. The molecule has 8 N–H and O–H groups in total. The summed E-state index contributed by atoms with van der Waals surface area (Å²) in [6, 6.07) is 62.8. The minimum absolute atomic E-state index is 0.0162. The molecule has 9 aromatic carbocycles. The number of nitrogens with one attached hydrogen (secondary N) is 5. The van der Waals surface area contributed by atoms with Crippen LogP contribution in [-0.4, -0.2) is 108 Å². The Morgan fingerprint density at radius 1 is 0.436 bits per heavy atom. The summed E-state index contributed by atoms with van der Waals surface area (Å²) in [6.45, 7) is 75.2. The Morgan fingerprint density at radius 3 is 1.48 bits per heavy atom. The number of fused-ring (bicyclic) bond motifs is 7. The number of H-pyrrole nitrogens is 5. The van der Waals surface area contributed by atoms with Gasteiger partial charge in [0.2, 0.25) is 17.7 Å². The average molecular weight is 2040 g/mol. The van der Waals surface area contributed by atoms with Gasteiger partial charge in [-0.05, 0) is 225 Å². The summed E-state index contributed by atoms with van der Waals surface area (Å²) in [5.41, 5.74) is 34.1. The lowest BCUT2D eigenvalue weighted by atomic mass is 9.86. The molecule has 0 spiro atoms. The fourth-order valence-corrected chi connectivity index (χ4v) is 16.2. The summed E-state index contributed by atoms with van der Waals surface area (Å²) in [4.78, 5) is 76.4. The number of amides is 2. The van der Waals surface area contributed by atoms with Gasteiger partial charge in [-0.3, -0.25) is 24.5 Å². The van der Waals surface area contributed by atoms with E-state index >= 15 is 0 Å². The molecular weight excluding hydrogens is 1880 g/mol. The molecular formula is C124H166N14O10S. The Kier molecular flexibility index (Phi) is 39.6. The number of methoxy groups -OCH3 is 3. The predicted octanol–water partition coefficient (Wildman–Crippen LogP) is 29.8. The van der Waals surface area contributed by atoms with Gasteiger partial charge in [-0.25, -0.2) is 24.5 Å². The molecule has 0 saturated carbocycles. The van der Waals surface area contributed by atoms with Crippen LogP contribution in [0.4, 0.5) is 16.5 Å². The third-order valence-electron chi connectivity index (χ3n) is 25.2. The van der Waals surface area contributed by atoms with Crippen LogP contribution in [0.5, 0.6) is 23.1 Å². The first-order chi connectivity index (χ1) is 68.8. The van der Waals surface area contributed by atoms with E-state index in [9.17, 15) is 24.3 Å². The van der Waals surface area contributed by atoms with Gasteiger partial charge < -0.3 is 53.7 Å². The number of para-hydroxylation sites is 1. The van der Waals surface area contributed by atoms with Crippen LogP contribution in [0.2, 0.25) is 0 Å². The number of aryl methyl sites for hydroxylation is 1. The Labute approximate surface area is 887 Å². The lowest BCUT2D eigenvalue weighted by Gasteiger charge is -2.21. The molecule has 9 heterocycles. The number of hydrogen-bond donors (Lipinski definition) is 7. The van der Waals surface area contributed by atoms with Crippen molar-refractivity contribution in [3.05, 3.63) is 313 Å². The van der Waals surface area contributed by atoms with E-state index in [1.165, 1.54) is 65.7 Å². The highest BCUT2D eigenvalue weighted by Crippen LogP contribution is 2.39. The maximum Gasteiger partial charge on any atom is 0.417 e. The number of aromatic amines is 5. The van der Waals surface area contributed by atoms with Crippen molar-refractivity contribution in [1.82, 2.24) is 55.3 Å². The van der Waals surface area contributed by atoms with Crippen LogP contribution in [0.15, 0.2) is 238 Å². The van der Waals surface area contributed by atoms with Gasteiger partial charge in [0, 0.05) is 79.6 Å². The maximum atomic E-state index is 11.5. The number of phenolic OH excluding ortho intramolecular Hbond substituents is 1. The first-order valence-corrected chi connectivity index (χ1v) is 51.5. The molecule has 0 saturated heterocycles. The molecule has 0 fully saturated rings. The summed E-state index contributed by atoms with van der Waals surface area (Å²) < 4.78 is 26.3. The number of pyridine rings is 2. The monoisotopic (exact) mass is 2040 g/mol. The zero-order chi connectivity index (χ0) is 112. The van der Waals surface area contributed by atoms with Crippen LogP contribution in [0.3, 0.4) is 0 Å². The fourth-order valence-electron chi connectivity index (χ4n) is 15.4. The SMILES string of the molecule is CC(=O)N(C)c1ccc(C(C)(C)C)cc1.CC(C)(C)c1ccc2[nH]c(=O)oc2c1.CC(C)(C)c1ccc2n[nH]nc2c1.CC(C)(C)c1ccc2nc(N)sc2c1.CC(C)(C)c1ccc2nc[nH]c2c1.CC(C)(C)c1cccc2[nH]c(=O)oc12.CN1C(=O)Cc2cc(C(C)(C)C)ccc21.COc1ccc(C(C)(C)C)c(O)c1.COc1ccc(C(C)(C)C)cn1.COc1cncc(C(C)(C)C)c1.Cc1ccc2[nH]cc(C(C)(C)C)c2c1. The standard InChI is InChI=1S/C13H17NO.C13H19NO.C13H17N.C11H14N2S.C11H14N2.2C11H13NO2.C11H16O2.C10H13N3.2C10H15NO/c1-13(2,3)10-5-6-11-9(7-10)8-12(15)14(11)4;1-10(15)14(5)12-8-6-11(7-9-12)13(2,3)4;1-9-5-6-12-10(7-9)11(8-14-12)13(2,3)4;1-11(2,3)7-4-5-8-9(6-7)14-10(12)13-8;1-11(2,3)8-4-5-9-10(6-8)13-7-12-9;1-11(2,3)7-4-5-8-9(6-7)14-10(13)12-8;1-11(2,3)7-5-4-6-8-9(7)14-10(13)12-8;1-11(2,3)9-6-5-8(13-4)7-10(9)12;1-10(2,3)7-4-5-8-9(6-7)12-13-11-8;1-10(2,3)8-5-9(12-4)7-11-6-8;1-10(2,3)8-5-6-9(12-4)11-7-8/h5-7H,8H2,1-4H3;6-9H,1-5H3;5-8,14H,1-4H3;4-6H,1-3H3,(H2,12,13);4-7H,1-3H3,(H,12,13);2*4-6H,1-3H3,(H,12,13);5-7,12H,1-4H3;4-6H,1-3H3,(H,11,12,13);2*5-7H,1-4H3. The van der Waals surface area contributed by atoms with E-state index in [1.807, 2.05) is 110 Å². The van der Waals surface area contributed by atoms with Crippen LogP contribution >= 0.6 is 11.3 Å². The van der Waals surface area contributed by atoms with E-state index in [0.29, 0.717) is 40.1 Å². The molecule has 0 bridgehead atoms. The van der Waals surface area contributed by atoms with Crippen molar-refractivity contribution >= 4 is 105 Å². The van der Waals surface area contributed by atoms with Crippen molar-refractivity contribution < 1.29 is 37.7 Å². The number of aromatic hydroxyl groups is 1. The molecule has 24 nitrogen and oxygen atoms in total. The minimum Gasteiger partial charge on any atom is -0.508 e. The van der Waals surface area contributed by atoms with Crippen LogP contribution in [0, 0.1) is 6.92 Å². The molecule has 25 heteroatoms. The molecule has 2 amide bonds. The number of nitrogen functional groups attached to an aromatic ring is 1.